The number of hydrogen-bond acceptors (Lipinski definition) is 4. The van der Waals surface area contributed by atoms with Gasteiger partial charge in [-0.05, 0) is 44.5 Å². The number of methoxy groups -OCH3 is 1. The summed E-state index contributed by atoms with van der Waals surface area (Å²) < 4.78 is 12.8. The van der Waals surface area contributed by atoms with Gasteiger partial charge in [0.25, 0.3) is 0 Å². The zero-order valence-electron chi connectivity index (χ0n) is 12.9. The minimum Gasteiger partial charge on any atom is -0.491 e. The third-order valence-electron chi connectivity index (χ3n) is 2.95. The molecule has 0 fully saturated rings. The van der Waals surface area contributed by atoms with Crippen LogP contribution in [-0.2, 0) is 11.3 Å². The van der Waals surface area contributed by atoms with Gasteiger partial charge in [-0.1, -0.05) is 0 Å². The third-order valence-corrected chi connectivity index (χ3v) is 2.95. The second kappa shape index (κ2) is 7.69. The summed E-state index contributed by atoms with van der Waals surface area (Å²) in [6.45, 7) is 5.66. The summed E-state index contributed by atoms with van der Waals surface area (Å²) in [5, 5.41) is 3.32. The van der Waals surface area contributed by atoms with Crippen molar-refractivity contribution in [2.75, 3.05) is 19.0 Å². The van der Waals surface area contributed by atoms with Crippen molar-refractivity contribution in [3.05, 3.63) is 36.7 Å². The first kappa shape index (κ1) is 15.4. The zero-order chi connectivity index (χ0) is 15.1. The van der Waals surface area contributed by atoms with Gasteiger partial charge in [-0.3, -0.25) is 0 Å². The van der Waals surface area contributed by atoms with E-state index >= 15 is 0 Å². The summed E-state index contributed by atoms with van der Waals surface area (Å²) in [4.78, 5) is 4.34. The van der Waals surface area contributed by atoms with E-state index < -0.39 is 0 Å². The number of aromatic nitrogens is 2. The highest BCUT2D eigenvalue weighted by Crippen LogP contribution is 2.20. The van der Waals surface area contributed by atoms with Crippen LogP contribution in [0.3, 0.4) is 0 Å². The molecule has 0 radical (unpaired) electrons. The maximum atomic E-state index is 5.63. The van der Waals surface area contributed by atoms with Crippen molar-refractivity contribution < 1.29 is 9.47 Å². The molecule has 0 aliphatic carbocycles. The number of nitrogens with one attached hydrogen (secondary N) is 1. The average Bonchev–Trinajstić information content (AvgIpc) is 2.88. The highest BCUT2D eigenvalue weighted by atomic mass is 16.5. The van der Waals surface area contributed by atoms with Crippen molar-refractivity contribution >= 4 is 11.6 Å². The van der Waals surface area contributed by atoms with E-state index in [1.807, 2.05) is 44.3 Å². The molecule has 2 aromatic rings. The van der Waals surface area contributed by atoms with Crippen molar-refractivity contribution in [2.24, 2.45) is 0 Å². The first-order valence-electron chi connectivity index (χ1n) is 7.23. The van der Waals surface area contributed by atoms with Gasteiger partial charge < -0.3 is 19.4 Å². The largest absolute Gasteiger partial charge is 0.491 e. The Bertz CT molecular complexity index is 535. The van der Waals surface area contributed by atoms with Crippen LogP contribution < -0.4 is 10.1 Å². The van der Waals surface area contributed by atoms with E-state index in [1.165, 1.54) is 0 Å². The fraction of sp³-hybridized carbons (Fsp3) is 0.438. The van der Waals surface area contributed by atoms with Gasteiger partial charge in [-0.25, -0.2) is 4.98 Å². The van der Waals surface area contributed by atoms with Crippen molar-refractivity contribution in [3.63, 3.8) is 0 Å². The topological polar surface area (TPSA) is 48.3 Å². The lowest BCUT2D eigenvalue weighted by Gasteiger charge is -2.12. The number of imidazole rings is 1. The van der Waals surface area contributed by atoms with Gasteiger partial charge in [-0.2, -0.15) is 0 Å². The Morgan fingerprint density at radius 2 is 2.00 bits per heavy atom. The SMILES string of the molecule is COCCCn1ccnc1Nc1ccc(OC(C)C)cc1. The molecule has 1 N–H and O–H groups in total. The number of nitrogens with zero attached hydrogens (tertiary/aromatic N) is 2. The molecule has 0 amide bonds. The van der Waals surface area contributed by atoms with Gasteiger partial charge in [0.05, 0.1) is 6.10 Å². The first-order valence-corrected chi connectivity index (χ1v) is 7.23. The van der Waals surface area contributed by atoms with Gasteiger partial charge >= 0.3 is 0 Å². The average molecular weight is 289 g/mol. The van der Waals surface area contributed by atoms with Gasteiger partial charge in [0.15, 0.2) is 0 Å². The van der Waals surface area contributed by atoms with E-state index in [4.69, 9.17) is 9.47 Å². The molecule has 0 unspecified atom stereocenters. The van der Waals surface area contributed by atoms with Crippen LogP contribution in [-0.4, -0.2) is 29.4 Å². The Balaban J connectivity index is 1.96. The fourth-order valence-electron chi connectivity index (χ4n) is 2.01. The molecule has 21 heavy (non-hydrogen) atoms. The second-order valence-electron chi connectivity index (χ2n) is 5.11. The maximum absolute atomic E-state index is 5.63. The molecular weight excluding hydrogens is 266 g/mol. The van der Waals surface area contributed by atoms with Crippen LogP contribution in [0, 0.1) is 0 Å². The first-order chi connectivity index (χ1) is 10.2. The van der Waals surface area contributed by atoms with Crippen LogP contribution in [0.4, 0.5) is 11.6 Å². The fourth-order valence-corrected chi connectivity index (χ4v) is 2.01. The Kier molecular flexibility index (Phi) is 5.63. The smallest absolute Gasteiger partial charge is 0.207 e. The van der Waals surface area contributed by atoms with Crippen molar-refractivity contribution in [3.8, 4) is 5.75 Å². The van der Waals surface area contributed by atoms with Crippen LogP contribution in [0.1, 0.15) is 20.3 Å². The summed E-state index contributed by atoms with van der Waals surface area (Å²) >= 11 is 0. The van der Waals surface area contributed by atoms with E-state index in [0.29, 0.717) is 0 Å². The summed E-state index contributed by atoms with van der Waals surface area (Å²) in [5.41, 5.74) is 0.991. The molecular formula is C16H23N3O2. The third kappa shape index (κ3) is 4.79. The Morgan fingerprint density at radius 3 is 2.67 bits per heavy atom. The Hall–Kier alpha value is -2.01. The van der Waals surface area contributed by atoms with E-state index in [1.54, 1.807) is 13.3 Å². The van der Waals surface area contributed by atoms with Crippen LogP contribution in [0.5, 0.6) is 5.75 Å². The second-order valence-corrected chi connectivity index (χ2v) is 5.11. The zero-order valence-corrected chi connectivity index (χ0v) is 12.9. The molecule has 0 spiro atoms. The predicted molar refractivity (Wildman–Crippen MR) is 84.2 cm³/mol. The summed E-state index contributed by atoms with van der Waals surface area (Å²) in [5.74, 6) is 1.71. The molecule has 2 rings (SSSR count). The summed E-state index contributed by atoms with van der Waals surface area (Å²) in [7, 11) is 1.72. The Labute approximate surface area is 125 Å². The molecule has 0 saturated carbocycles. The molecule has 1 heterocycles. The van der Waals surface area contributed by atoms with E-state index in [0.717, 1.165) is 37.0 Å². The minimum atomic E-state index is 0.184. The Morgan fingerprint density at radius 1 is 1.24 bits per heavy atom. The predicted octanol–water partition coefficient (Wildman–Crippen LogP) is 3.45. The standard InChI is InChI=1S/C16H23N3O2/c1-13(2)21-15-7-5-14(6-8-15)18-16-17-9-11-19(16)10-4-12-20-3/h5-9,11,13H,4,10,12H2,1-3H3,(H,17,18). The number of rotatable bonds is 8. The van der Waals surface area contributed by atoms with Gasteiger partial charge in [0.2, 0.25) is 5.95 Å². The molecule has 114 valence electrons. The van der Waals surface area contributed by atoms with E-state index in [9.17, 15) is 0 Å². The molecule has 1 aromatic carbocycles. The van der Waals surface area contributed by atoms with Crippen LogP contribution in [0.2, 0.25) is 0 Å². The lowest BCUT2D eigenvalue weighted by atomic mass is 10.3. The van der Waals surface area contributed by atoms with E-state index in [-0.39, 0.29) is 6.10 Å². The summed E-state index contributed by atoms with van der Waals surface area (Å²) in [6, 6.07) is 7.90. The highest BCUT2D eigenvalue weighted by molar-refractivity contribution is 5.54. The minimum absolute atomic E-state index is 0.184. The molecule has 0 aliphatic heterocycles. The van der Waals surface area contributed by atoms with Crippen molar-refractivity contribution in [1.29, 1.82) is 0 Å². The van der Waals surface area contributed by atoms with Crippen molar-refractivity contribution in [1.82, 2.24) is 9.55 Å². The van der Waals surface area contributed by atoms with Crippen LogP contribution >= 0.6 is 0 Å². The number of anilines is 2. The quantitative estimate of drug-likeness (QED) is 0.756. The van der Waals surface area contributed by atoms with Gasteiger partial charge in [0, 0.05) is 38.3 Å². The molecule has 0 aliphatic rings. The molecule has 5 heteroatoms. The molecule has 0 saturated heterocycles. The molecule has 5 nitrogen and oxygen atoms in total. The van der Waals surface area contributed by atoms with Gasteiger partial charge in [-0.15, -0.1) is 0 Å². The highest BCUT2D eigenvalue weighted by Gasteiger charge is 2.04. The monoisotopic (exact) mass is 289 g/mol. The summed E-state index contributed by atoms with van der Waals surface area (Å²) in [6.07, 6.45) is 4.91. The van der Waals surface area contributed by atoms with Crippen LogP contribution in [0.25, 0.3) is 0 Å². The molecule has 0 bridgehead atoms. The number of hydrogen-bond donors (Lipinski definition) is 1. The van der Waals surface area contributed by atoms with Crippen LogP contribution in [0.15, 0.2) is 36.7 Å². The number of aryl methyl sites for hydroxylation is 1. The lowest BCUT2D eigenvalue weighted by molar-refractivity contribution is 0.190. The maximum Gasteiger partial charge on any atom is 0.207 e. The van der Waals surface area contributed by atoms with E-state index in [2.05, 4.69) is 14.9 Å². The number of ether oxygens (including phenoxy) is 2. The molecule has 1 aromatic heterocycles. The molecule has 0 atom stereocenters. The normalized spacial score (nSPS) is 10.9. The van der Waals surface area contributed by atoms with Crippen molar-refractivity contribution in [2.45, 2.75) is 32.9 Å². The number of benzene rings is 1. The lowest BCUT2D eigenvalue weighted by Crippen LogP contribution is -2.06. The van der Waals surface area contributed by atoms with Gasteiger partial charge in [0.1, 0.15) is 5.75 Å².